The van der Waals surface area contributed by atoms with Gasteiger partial charge in [0.2, 0.25) is 0 Å². The summed E-state index contributed by atoms with van der Waals surface area (Å²) in [6.07, 6.45) is 0.808. The Morgan fingerprint density at radius 3 is 2.57 bits per heavy atom. The molecule has 21 heavy (non-hydrogen) atoms. The zero-order valence-electron chi connectivity index (χ0n) is 12.3. The summed E-state index contributed by atoms with van der Waals surface area (Å²) in [7, 11) is 1.65. The molecule has 0 amide bonds. The quantitative estimate of drug-likeness (QED) is 0.859. The molecule has 3 nitrogen and oxygen atoms in total. The van der Waals surface area contributed by atoms with E-state index in [0.717, 1.165) is 33.5 Å². The second kappa shape index (κ2) is 7.48. The summed E-state index contributed by atoms with van der Waals surface area (Å²) in [5.41, 5.74) is 8.10. The maximum Gasteiger partial charge on any atom is 0.133 e. The van der Waals surface area contributed by atoms with E-state index in [0.29, 0.717) is 6.61 Å². The minimum absolute atomic E-state index is 0.116. The molecule has 112 valence electrons. The van der Waals surface area contributed by atoms with Crippen molar-refractivity contribution in [2.75, 3.05) is 7.11 Å². The van der Waals surface area contributed by atoms with Crippen molar-refractivity contribution in [2.45, 2.75) is 26.0 Å². The normalized spacial score (nSPS) is 12.0. The van der Waals surface area contributed by atoms with Gasteiger partial charge < -0.3 is 15.2 Å². The van der Waals surface area contributed by atoms with Gasteiger partial charge in [0.1, 0.15) is 18.1 Å². The Morgan fingerprint density at radius 2 is 1.90 bits per heavy atom. The molecular formula is C17H20BrNO2. The Balaban J connectivity index is 2.08. The molecule has 0 aliphatic heterocycles. The second-order valence-corrected chi connectivity index (χ2v) is 5.90. The molecule has 2 rings (SSSR count). The lowest BCUT2D eigenvalue weighted by molar-refractivity contribution is 0.302. The highest BCUT2D eigenvalue weighted by atomic mass is 79.9. The maximum atomic E-state index is 5.94. The van der Waals surface area contributed by atoms with Crippen molar-refractivity contribution in [2.24, 2.45) is 5.73 Å². The van der Waals surface area contributed by atoms with Gasteiger partial charge in [-0.1, -0.05) is 24.3 Å². The molecule has 2 aromatic rings. The van der Waals surface area contributed by atoms with Crippen LogP contribution in [0.4, 0.5) is 0 Å². The summed E-state index contributed by atoms with van der Waals surface area (Å²) in [6, 6.07) is 14.1. The van der Waals surface area contributed by atoms with Crippen molar-refractivity contribution >= 4 is 15.9 Å². The van der Waals surface area contributed by atoms with E-state index in [1.807, 2.05) is 43.3 Å². The number of methoxy groups -OCH3 is 1. The third-order valence-electron chi connectivity index (χ3n) is 3.13. The molecule has 0 aromatic heterocycles. The summed E-state index contributed by atoms with van der Waals surface area (Å²) in [4.78, 5) is 0. The third-order valence-corrected chi connectivity index (χ3v) is 3.74. The lowest BCUT2D eigenvalue weighted by Crippen LogP contribution is -2.18. The molecule has 0 bridgehead atoms. The molecule has 0 saturated carbocycles. The fraction of sp³-hybridized carbons (Fsp3) is 0.294. The maximum absolute atomic E-state index is 5.94. The van der Waals surface area contributed by atoms with Crippen LogP contribution in [0.15, 0.2) is 46.9 Å². The monoisotopic (exact) mass is 349 g/mol. The molecule has 1 unspecified atom stereocenters. The molecule has 2 aromatic carbocycles. The van der Waals surface area contributed by atoms with E-state index in [2.05, 4.69) is 22.0 Å². The Hall–Kier alpha value is -1.52. The molecule has 0 aliphatic carbocycles. The SMILES string of the molecule is COc1ccc(COc2ccccc2CC(C)N)cc1Br. The molecule has 0 saturated heterocycles. The van der Waals surface area contributed by atoms with Gasteiger partial charge in [-0.05, 0) is 58.6 Å². The Kier molecular flexibility index (Phi) is 5.65. The third kappa shape index (κ3) is 4.48. The van der Waals surface area contributed by atoms with Gasteiger partial charge in [-0.2, -0.15) is 0 Å². The van der Waals surface area contributed by atoms with Crippen LogP contribution >= 0.6 is 15.9 Å². The standard InChI is InChI=1S/C17H20BrNO2/c1-12(19)9-14-5-3-4-6-16(14)21-11-13-7-8-17(20-2)15(18)10-13/h3-8,10,12H,9,11,19H2,1-2H3. The van der Waals surface area contributed by atoms with E-state index >= 15 is 0 Å². The minimum atomic E-state index is 0.116. The average molecular weight is 350 g/mol. The predicted octanol–water partition coefficient (Wildman–Crippen LogP) is 3.93. The van der Waals surface area contributed by atoms with E-state index in [-0.39, 0.29) is 6.04 Å². The number of para-hydroxylation sites is 1. The van der Waals surface area contributed by atoms with Gasteiger partial charge in [0.05, 0.1) is 11.6 Å². The van der Waals surface area contributed by atoms with Crippen LogP contribution in [0.1, 0.15) is 18.1 Å². The second-order valence-electron chi connectivity index (χ2n) is 5.05. The van der Waals surface area contributed by atoms with Crippen molar-refractivity contribution in [3.05, 3.63) is 58.1 Å². The first kappa shape index (κ1) is 15.9. The van der Waals surface area contributed by atoms with Crippen LogP contribution in [-0.2, 0) is 13.0 Å². The Bertz CT molecular complexity index is 599. The van der Waals surface area contributed by atoms with Gasteiger partial charge in [0, 0.05) is 6.04 Å². The van der Waals surface area contributed by atoms with Crippen LogP contribution in [0.25, 0.3) is 0 Å². The topological polar surface area (TPSA) is 44.5 Å². The molecule has 0 fully saturated rings. The van der Waals surface area contributed by atoms with Crippen molar-refractivity contribution in [3.8, 4) is 11.5 Å². The number of hydrogen-bond donors (Lipinski definition) is 1. The van der Waals surface area contributed by atoms with Gasteiger partial charge in [-0.3, -0.25) is 0 Å². The Labute approximate surface area is 134 Å². The van der Waals surface area contributed by atoms with Crippen LogP contribution in [0.3, 0.4) is 0 Å². The van der Waals surface area contributed by atoms with E-state index in [9.17, 15) is 0 Å². The van der Waals surface area contributed by atoms with Crippen LogP contribution in [0.2, 0.25) is 0 Å². The van der Waals surface area contributed by atoms with Crippen molar-refractivity contribution in [3.63, 3.8) is 0 Å². The molecule has 2 N–H and O–H groups in total. The van der Waals surface area contributed by atoms with Gasteiger partial charge in [-0.25, -0.2) is 0 Å². The van der Waals surface area contributed by atoms with Gasteiger partial charge in [0.15, 0.2) is 0 Å². The molecule has 1 atom stereocenters. The predicted molar refractivity (Wildman–Crippen MR) is 88.8 cm³/mol. The first-order chi connectivity index (χ1) is 10.1. The van der Waals surface area contributed by atoms with E-state index in [1.165, 1.54) is 0 Å². The number of nitrogens with two attached hydrogens (primary N) is 1. The lowest BCUT2D eigenvalue weighted by Gasteiger charge is -2.13. The highest BCUT2D eigenvalue weighted by molar-refractivity contribution is 9.10. The van der Waals surface area contributed by atoms with Gasteiger partial charge >= 0.3 is 0 Å². The smallest absolute Gasteiger partial charge is 0.133 e. The highest BCUT2D eigenvalue weighted by Crippen LogP contribution is 2.27. The number of benzene rings is 2. The first-order valence-electron chi connectivity index (χ1n) is 6.89. The lowest BCUT2D eigenvalue weighted by atomic mass is 10.1. The summed E-state index contributed by atoms with van der Waals surface area (Å²) < 4.78 is 12.1. The van der Waals surface area contributed by atoms with Gasteiger partial charge in [-0.15, -0.1) is 0 Å². The Morgan fingerprint density at radius 1 is 1.14 bits per heavy atom. The van der Waals surface area contributed by atoms with Crippen molar-refractivity contribution in [1.29, 1.82) is 0 Å². The fourth-order valence-electron chi connectivity index (χ4n) is 2.12. The summed E-state index contributed by atoms with van der Waals surface area (Å²) >= 11 is 3.48. The summed E-state index contributed by atoms with van der Waals surface area (Å²) in [6.45, 7) is 2.51. The summed E-state index contributed by atoms with van der Waals surface area (Å²) in [5, 5.41) is 0. The number of rotatable bonds is 6. The van der Waals surface area contributed by atoms with Crippen LogP contribution in [-0.4, -0.2) is 13.2 Å². The largest absolute Gasteiger partial charge is 0.496 e. The molecular weight excluding hydrogens is 330 g/mol. The number of halogens is 1. The number of hydrogen-bond acceptors (Lipinski definition) is 3. The fourth-order valence-corrected chi connectivity index (χ4v) is 2.71. The van der Waals surface area contributed by atoms with E-state index in [1.54, 1.807) is 7.11 Å². The average Bonchev–Trinajstić information content (AvgIpc) is 2.46. The van der Waals surface area contributed by atoms with E-state index in [4.69, 9.17) is 15.2 Å². The molecule has 4 heteroatoms. The molecule has 0 radical (unpaired) electrons. The zero-order chi connectivity index (χ0) is 15.2. The number of ether oxygens (including phenoxy) is 2. The van der Waals surface area contributed by atoms with Crippen molar-refractivity contribution in [1.82, 2.24) is 0 Å². The van der Waals surface area contributed by atoms with Crippen LogP contribution < -0.4 is 15.2 Å². The first-order valence-corrected chi connectivity index (χ1v) is 7.68. The highest BCUT2D eigenvalue weighted by Gasteiger charge is 2.07. The minimum Gasteiger partial charge on any atom is -0.496 e. The van der Waals surface area contributed by atoms with Gasteiger partial charge in [0.25, 0.3) is 0 Å². The van der Waals surface area contributed by atoms with Crippen LogP contribution in [0, 0.1) is 0 Å². The van der Waals surface area contributed by atoms with Crippen molar-refractivity contribution < 1.29 is 9.47 Å². The molecule has 0 spiro atoms. The van der Waals surface area contributed by atoms with E-state index < -0.39 is 0 Å². The zero-order valence-corrected chi connectivity index (χ0v) is 13.9. The molecule has 0 heterocycles. The molecule has 0 aliphatic rings. The summed E-state index contributed by atoms with van der Waals surface area (Å²) in [5.74, 6) is 1.71. The van der Waals surface area contributed by atoms with Crippen LogP contribution in [0.5, 0.6) is 11.5 Å².